The van der Waals surface area contributed by atoms with Crippen molar-refractivity contribution in [3.8, 4) is 16.9 Å². The number of alkyl halides is 1. The molecule has 1 fully saturated rings. The lowest BCUT2D eigenvalue weighted by Gasteiger charge is -2.29. The van der Waals surface area contributed by atoms with E-state index in [4.69, 9.17) is 4.74 Å². The average molecular weight is 465 g/mol. The van der Waals surface area contributed by atoms with E-state index in [1.165, 1.54) is 30.4 Å². The summed E-state index contributed by atoms with van der Waals surface area (Å²) in [5.74, 6) is -0.977. The Morgan fingerprint density at radius 3 is 2.09 bits per heavy atom. The summed E-state index contributed by atoms with van der Waals surface area (Å²) in [4.78, 5) is 0. The van der Waals surface area contributed by atoms with Gasteiger partial charge in [-0.3, -0.25) is 0 Å². The zero-order valence-electron chi connectivity index (χ0n) is 19.6. The van der Waals surface area contributed by atoms with Crippen LogP contribution >= 0.6 is 0 Å². The van der Waals surface area contributed by atoms with Crippen molar-refractivity contribution in [2.75, 3.05) is 13.8 Å². The molecule has 1 aliphatic carbocycles. The van der Waals surface area contributed by atoms with Gasteiger partial charge in [0.15, 0.2) is 11.6 Å². The number of hydrogen-bond donors (Lipinski definition) is 0. The highest BCUT2D eigenvalue weighted by molar-refractivity contribution is 5.66. The quantitative estimate of drug-likeness (QED) is 0.325. The third-order valence-corrected chi connectivity index (χ3v) is 7.02. The van der Waals surface area contributed by atoms with Gasteiger partial charge in [0.1, 0.15) is 6.67 Å². The topological polar surface area (TPSA) is 9.23 Å². The third-order valence-electron chi connectivity index (χ3n) is 7.02. The maximum atomic E-state index is 14.5. The van der Waals surface area contributed by atoms with Gasteiger partial charge in [-0.15, -0.1) is 0 Å². The molecule has 0 aromatic heterocycles. The number of rotatable bonds is 8. The Kier molecular flexibility index (Phi) is 8.10. The normalized spacial score (nSPS) is 18.4. The standard InChI is InChI=1S/C30H31F3O/c1-34-28-19-18-27(29(32)30(28)33)26-16-10-23(11-17-26)5-4-22-8-14-25(15-9-22)24-12-6-21(7-13-24)3-2-20-31/h2-3,6-9,12-15,18-19,23,26H,4-5,10-11,16-17,20H2,1H3/b3-2+. The van der Waals surface area contributed by atoms with Gasteiger partial charge in [0.05, 0.1) is 7.11 Å². The number of benzene rings is 3. The lowest BCUT2D eigenvalue weighted by Crippen LogP contribution is -2.15. The van der Waals surface area contributed by atoms with E-state index in [-0.39, 0.29) is 11.7 Å². The van der Waals surface area contributed by atoms with Crippen LogP contribution in [0.3, 0.4) is 0 Å². The Morgan fingerprint density at radius 1 is 0.824 bits per heavy atom. The SMILES string of the molecule is COc1ccc(C2CCC(CCc3ccc(-c4ccc(/C=C/CF)cc4)cc3)CC2)c(F)c1F. The minimum absolute atomic E-state index is 0.0382. The van der Waals surface area contributed by atoms with Gasteiger partial charge in [0, 0.05) is 0 Å². The molecule has 0 spiro atoms. The minimum Gasteiger partial charge on any atom is -0.494 e. The Morgan fingerprint density at radius 2 is 1.47 bits per heavy atom. The highest BCUT2D eigenvalue weighted by Crippen LogP contribution is 2.40. The van der Waals surface area contributed by atoms with Crippen LogP contribution in [0.1, 0.15) is 54.7 Å². The van der Waals surface area contributed by atoms with Crippen LogP contribution in [0.15, 0.2) is 66.7 Å². The molecule has 3 aromatic carbocycles. The van der Waals surface area contributed by atoms with E-state index in [2.05, 4.69) is 36.4 Å². The first kappa shape index (κ1) is 24.1. The van der Waals surface area contributed by atoms with Crippen LogP contribution in [0.25, 0.3) is 17.2 Å². The fraction of sp³-hybridized carbons (Fsp3) is 0.333. The van der Waals surface area contributed by atoms with Gasteiger partial charge in [-0.05, 0) is 84.2 Å². The van der Waals surface area contributed by atoms with Crippen LogP contribution in [0.2, 0.25) is 0 Å². The molecule has 0 unspecified atom stereocenters. The summed E-state index contributed by atoms with van der Waals surface area (Å²) in [6.45, 7) is -0.453. The van der Waals surface area contributed by atoms with Crippen molar-refractivity contribution in [2.45, 2.75) is 44.4 Å². The highest BCUT2D eigenvalue weighted by Gasteiger charge is 2.26. The van der Waals surface area contributed by atoms with Gasteiger partial charge in [0.2, 0.25) is 5.82 Å². The molecule has 3 aromatic rings. The van der Waals surface area contributed by atoms with Crippen molar-refractivity contribution in [3.05, 3.63) is 95.1 Å². The number of methoxy groups -OCH3 is 1. The molecule has 4 heteroatoms. The van der Waals surface area contributed by atoms with Gasteiger partial charge in [-0.1, -0.05) is 66.7 Å². The van der Waals surface area contributed by atoms with E-state index in [0.717, 1.165) is 49.7 Å². The van der Waals surface area contributed by atoms with Gasteiger partial charge in [-0.25, -0.2) is 8.78 Å². The van der Waals surface area contributed by atoms with Gasteiger partial charge in [-0.2, -0.15) is 4.39 Å². The zero-order chi connectivity index (χ0) is 23.9. The summed E-state index contributed by atoms with van der Waals surface area (Å²) in [6, 6.07) is 20.0. The number of hydrogen-bond acceptors (Lipinski definition) is 1. The van der Waals surface area contributed by atoms with E-state index in [9.17, 15) is 13.2 Å². The summed E-state index contributed by atoms with van der Waals surface area (Å²) in [6.07, 6.45) is 9.29. The molecule has 0 amide bonds. The molecule has 34 heavy (non-hydrogen) atoms. The highest BCUT2D eigenvalue weighted by atomic mass is 19.2. The summed E-state index contributed by atoms with van der Waals surface area (Å²) in [5, 5.41) is 0. The molecule has 0 N–H and O–H groups in total. The van der Waals surface area contributed by atoms with Crippen LogP contribution in [-0.4, -0.2) is 13.8 Å². The van der Waals surface area contributed by atoms with Crippen LogP contribution in [0.4, 0.5) is 13.2 Å². The lowest BCUT2D eigenvalue weighted by atomic mass is 9.76. The van der Waals surface area contributed by atoms with Crippen LogP contribution in [0.5, 0.6) is 5.75 Å². The molecule has 0 aliphatic heterocycles. The molecule has 0 saturated heterocycles. The Hall–Kier alpha value is -3.01. The average Bonchev–Trinajstić information content (AvgIpc) is 2.89. The largest absolute Gasteiger partial charge is 0.494 e. The summed E-state index contributed by atoms with van der Waals surface area (Å²) < 4.78 is 45.7. The van der Waals surface area contributed by atoms with E-state index in [1.54, 1.807) is 12.1 Å². The molecule has 0 atom stereocenters. The number of allylic oxidation sites excluding steroid dienone is 1. The second-order valence-corrected chi connectivity index (χ2v) is 9.12. The fourth-order valence-electron chi connectivity index (χ4n) is 4.98. The van der Waals surface area contributed by atoms with E-state index < -0.39 is 18.3 Å². The predicted molar refractivity (Wildman–Crippen MR) is 133 cm³/mol. The van der Waals surface area contributed by atoms with Gasteiger partial charge in [0.25, 0.3) is 0 Å². The molecule has 1 saturated carbocycles. The van der Waals surface area contributed by atoms with Crippen molar-refractivity contribution < 1.29 is 17.9 Å². The number of ether oxygens (including phenoxy) is 1. The minimum atomic E-state index is -0.879. The molecular formula is C30H31F3O. The second-order valence-electron chi connectivity index (χ2n) is 9.12. The number of aryl methyl sites for hydroxylation is 1. The van der Waals surface area contributed by atoms with E-state index in [1.807, 2.05) is 12.1 Å². The maximum Gasteiger partial charge on any atom is 0.200 e. The van der Waals surface area contributed by atoms with Crippen molar-refractivity contribution in [2.24, 2.45) is 5.92 Å². The first-order valence-corrected chi connectivity index (χ1v) is 12.0. The Bertz CT molecular complexity index is 1100. The number of halogens is 3. The maximum absolute atomic E-state index is 14.5. The van der Waals surface area contributed by atoms with Gasteiger partial charge < -0.3 is 4.74 Å². The molecule has 1 nitrogen and oxygen atoms in total. The molecule has 0 heterocycles. The summed E-state index contributed by atoms with van der Waals surface area (Å²) in [7, 11) is 1.35. The molecular weight excluding hydrogens is 433 g/mol. The van der Waals surface area contributed by atoms with Crippen molar-refractivity contribution in [1.82, 2.24) is 0 Å². The molecule has 178 valence electrons. The summed E-state index contributed by atoms with van der Waals surface area (Å²) >= 11 is 0. The lowest BCUT2D eigenvalue weighted by molar-refractivity contribution is 0.303. The van der Waals surface area contributed by atoms with E-state index in [0.29, 0.717) is 11.5 Å². The van der Waals surface area contributed by atoms with Crippen LogP contribution < -0.4 is 4.74 Å². The first-order chi connectivity index (χ1) is 16.6. The van der Waals surface area contributed by atoms with Gasteiger partial charge >= 0.3 is 0 Å². The van der Waals surface area contributed by atoms with E-state index >= 15 is 0 Å². The monoisotopic (exact) mass is 464 g/mol. The van der Waals surface area contributed by atoms with Crippen LogP contribution in [-0.2, 0) is 6.42 Å². The molecule has 1 aliphatic rings. The summed E-state index contributed by atoms with van der Waals surface area (Å²) in [5.41, 5.74) is 5.10. The van der Waals surface area contributed by atoms with Crippen molar-refractivity contribution in [1.29, 1.82) is 0 Å². The second kappa shape index (κ2) is 11.4. The first-order valence-electron chi connectivity index (χ1n) is 12.0. The van der Waals surface area contributed by atoms with Crippen molar-refractivity contribution >= 4 is 6.08 Å². The van der Waals surface area contributed by atoms with Crippen molar-refractivity contribution in [3.63, 3.8) is 0 Å². The predicted octanol–water partition coefficient (Wildman–Crippen LogP) is 8.53. The zero-order valence-corrected chi connectivity index (χ0v) is 19.6. The smallest absolute Gasteiger partial charge is 0.200 e. The third kappa shape index (κ3) is 5.72. The Balaban J connectivity index is 1.28. The van der Waals surface area contributed by atoms with Crippen LogP contribution in [0, 0.1) is 17.6 Å². The molecule has 0 bridgehead atoms. The molecule has 4 rings (SSSR count). The fourth-order valence-corrected chi connectivity index (χ4v) is 4.98. The Labute approximate surface area is 200 Å². The molecule has 0 radical (unpaired) electrons.